The van der Waals surface area contributed by atoms with Crippen molar-refractivity contribution in [3.05, 3.63) is 52.4 Å². The summed E-state index contributed by atoms with van der Waals surface area (Å²) in [5.74, 6) is -6.36. The summed E-state index contributed by atoms with van der Waals surface area (Å²) in [4.78, 5) is 40.6. The van der Waals surface area contributed by atoms with Gasteiger partial charge in [0.2, 0.25) is 5.91 Å². The Morgan fingerprint density at radius 2 is 1.94 bits per heavy atom. The lowest BCUT2D eigenvalue weighted by Crippen LogP contribution is -2.46. The molecule has 0 radical (unpaired) electrons. The smallest absolute Gasteiger partial charge is 0.413 e. The predicted molar refractivity (Wildman–Crippen MR) is 112 cm³/mol. The minimum atomic E-state index is -4.90. The largest absolute Gasteiger partial charge is 0.466 e. The van der Waals surface area contributed by atoms with Crippen LogP contribution in [0.2, 0.25) is 0 Å². The second-order valence-corrected chi connectivity index (χ2v) is 7.69. The number of imide groups is 1. The Balaban J connectivity index is 1.98. The molecule has 0 fully saturated rings. The van der Waals surface area contributed by atoms with Crippen LogP contribution in [0.5, 0.6) is 17.4 Å². The van der Waals surface area contributed by atoms with E-state index in [0.717, 1.165) is 26.2 Å². The molecule has 180 valence electrons. The first-order chi connectivity index (χ1) is 15.9. The topological polar surface area (TPSA) is 95.0 Å². The first kappa shape index (κ1) is 25.1. The molecular weight excluding hydrogens is 532 g/mol. The Bertz CT molecular complexity index is 1180. The lowest BCUT2D eigenvalue weighted by molar-refractivity contribution is -0.143. The van der Waals surface area contributed by atoms with Crippen molar-refractivity contribution in [2.45, 2.75) is 13.1 Å². The summed E-state index contributed by atoms with van der Waals surface area (Å²) in [6, 6.07) is 4.73. The van der Waals surface area contributed by atoms with Gasteiger partial charge < -0.3 is 14.2 Å². The Hall–Kier alpha value is -3.48. The van der Waals surface area contributed by atoms with E-state index in [4.69, 9.17) is 9.47 Å². The highest BCUT2D eigenvalue weighted by molar-refractivity contribution is 9.10. The maximum atomic E-state index is 14.7. The van der Waals surface area contributed by atoms with Gasteiger partial charge in [0.1, 0.15) is 11.6 Å². The fourth-order valence-corrected chi connectivity index (χ4v) is 3.35. The molecule has 2 amide bonds. The van der Waals surface area contributed by atoms with Crippen LogP contribution in [-0.4, -0.2) is 42.7 Å². The van der Waals surface area contributed by atoms with Crippen LogP contribution in [0.15, 0.2) is 46.6 Å². The number of hydrogen-bond acceptors (Lipinski definition) is 7. The number of ether oxygens (including phenoxy) is 3. The fraction of sp³-hybridized carbons (Fsp3) is 0.238. The highest BCUT2D eigenvalue weighted by atomic mass is 79.9. The Kier molecular flexibility index (Phi) is 7.24. The van der Waals surface area contributed by atoms with Crippen molar-refractivity contribution in [1.82, 2.24) is 4.98 Å². The van der Waals surface area contributed by atoms with E-state index in [9.17, 15) is 31.9 Å². The number of alkyl halides is 3. The van der Waals surface area contributed by atoms with Gasteiger partial charge in [-0.1, -0.05) is 0 Å². The second-order valence-electron chi connectivity index (χ2n) is 6.84. The Labute approximate surface area is 198 Å². The number of rotatable bonds is 6. The molecule has 2 heterocycles. The number of carbonyl (C=O) groups excluding carboxylic acids is 3. The third kappa shape index (κ3) is 5.19. The van der Waals surface area contributed by atoms with Gasteiger partial charge in [0.25, 0.3) is 11.8 Å². The normalized spacial score (nSPS) is 16.3. The zero-order valence-corrected chi connectivity index (χ0v) is 19.1. The van der Waals surface area contributed by atoms with Crippen LogP contribution < -0.4 is 14.4 Å². The monoisotopic (exact) mass is 546 g/mol. The molecule has 3 rings (SSSR count). The number of nitrogens with zero attached hydrogens (tertiary/aromatic N) is 2. The van der Waals surface area contributed by atoms with Crippen molar-refractivity contribution in [3.63, 3.8) is 0 Å². The van der Waals surface area contributed by atoms with Gasteiger partial charge in [-0.3, -0.25) is 9.59 Å². The quantitative estimate of drug-likeness (QED) is 0.302. The number of methoxy groups -OCH3 is 1. The summed E-state index contributed by atoms with van der Waals surface area (Å²) in [5, 5.41) is 0. The SMILES string of the molecule is COC(=O)COc1ncccc1Oc1cc(N2C(=O)C=C(C(F)(F)F)C(C)C2=O)c(F)cc1Br. The van der Waals surface area contributed by atoms with Crippen LogP contribution in [-0.2, 0) is 19.1 Å². The first-order valence-corrected chi connectivity index (χ1v) is 10.2. The molecule has 1 aromatic carbocycles. The fourth-order valence-electron chi connectivity index (χ4n) is 2.96. The molecule has 34 heavy (non-hydrogen) atoms. The minimum Gasteiger partial charge on any atom is -0.466 e. The average molecular weight is 547 g/mol. The van der Waals surface area contributed by atoms with E-state index < -0.39 is 53.6 Å². The van der Waals surface area contributed by atoms with E-state index in [1.54, 1.807) is 0 Å². The lowest BCUT2D eigenvalue weighted by Gasteiger charge is -2.30. The first-order valence-electron chi connectivity index (χ1n) is 9.42. The number of halogens is 5. The van der Waals surface area contributed by atoms with Gasteiger partial charge in [-0.25, -0.2) is 19.1 Å². The van der Waals surface area contributed by atoms with Crippen molar-refractivity contribution in [2.24, 2.45) is 5.92 Å². The molecule has 1 atom stereocenters. The second kappa shape index (κ2) is 9.79. The summed E-state index contributed by atoms with van der Waals surface area (Å²) in [6.07, 6.45) is -3.29. The summed E-state index contributed by atoms with van der Waals surface area (Å²) in [5.41, 5.74) is -1.94. The molecule has 1 aromatic heterocycles. The van der Waals surface area contributed by atoms with E-state index in [1.165, 1.54) is 18.3 Å². The van der Waals surface area contributed by atoms with Crippen molar-refractivity contribution in [1.29, 1.82) is 0 Å². The molecule has 1 unspecified atom stereocenters. The van der Waals surface area contributed by atoms with Crippen LogP contribution in [0, 0.1) is 11.7 Å². The summed E-state index contributed by atoms with van der Waals surface area (Å²) in [7, 11) is 1.16. The molecule has 2 aromatic rings. The molecule has 0 bridgehead atoms. The average Bonchev–Trinajstić information content (AvgIpc) is 2.77. The molecule has 0 saturated carbocycles. The van der Waals surface area contributed by atoms with Crippen LogP contribution in [0.3, 0.4) is 0 Å². The number of carbonyl (C=O) groups is 3. The van der Waals surface area contributed by atoms with Crippen LogP contribution in [0.4, 0.5) is 23.2 Å². The summed E-state index contributed by atoms with van der Waals surface area (Å²) >= 11 is 3.09. The summed E-state index contributed by atoms with van der Waals surface area (Å²) < 4.78 is 69.6. The van der Waals surface area contributed by atoms with Gasteiger partial charge in [-0.2, -0.15) is 13.2 Å². The number of hydrogen-bond donors (Lipinski definition) is 0. The summed E-state index contributed by atoms with van der Waals surface area (Å²) in [6.45, 7) is 0.484. The lowest BCUT2D eigenvalue weighted by atomic mass is 9.94. The van der Waals surface area contributed by atoms with Gasteiger partial charge in [0, 0.05) is 18.3 Å². The molecule has 8 nitrogen and oxygen atoms in total. The molecule has 0 saturated heterocycles. The maximum Gasteiger partial charge on any atom is 0.413 e. The van der Waals surface area contributed by atoms with Crippen molar-refractivity contribution in [3.8, 4) is 17.4 Å². The van der Waals surface area contributed by atoms with Crippen LogP contribution in [0.1, 0.15) is 6.92 Å². The van der Waals surface area contributed by atoms with Crippen molar-refractivity contribution >= 4 is 39.4 Å². The molecule has 1 aliphatic rings. The third-order valence-electron chi connectivity index (χ3n) is 4.64. The zero-order chi connectivity index (χ0) is 25.2. The highest BCUT2D eigenvalue weighted by Gasteiger charge is 2.46. The number of benzene rings is 1. The number of anilines is 1. The predicted octanol–water partition coefficient (Wildman–Crippen LogP) is 4.33. The van der Waals surface area contributed by atoms with Gasteiger partial charge in [0.15, 0.2) is 12.4 Å². The molecular formula is C21H15BrF4N2O6. The molecule has 13 heteroatoms. The molecule has 0 aliphatic carbocycles. The number of esters is 1. The molecule has 1 aliphatic heterocycles. The van der Waals surface area contributed by atoms with E-state index in [1.807, 2.05) is 0 Å². The van der Waals surface area contributed by atoms with E-state index >= 15 is 0 Å². The van der Waals surface area contributed by atoms with Gasteiger partial charge in [0.05, 0.1) is 28.8 Å². The van der Waals surface area contributed by atoms with E-state index in [0.29, 0.717) is 4.90 Å². The van der Waals surface area contributed by atoms with Gasteiger partial charge >= 0.3 is 12.1 Å². The number of pyridine rings is 1. The minimum absolute atomic E-state index is 0.0198. The number of aromatic nitrogens is 1. The standard InChI is InChI=1S/C21H15BrF4N2O6/c1-10-11(21(24,25)26)6-17(29)28(20(10)31)14-8-16(12(22)7-13(14)23)34-15-4-3-5-27-19(15)33-9-18(30)32-2/h3-8,10H,9H2,1-2H3. The third-order valence-corrected chi connectivity index (χ3v) is 5.26. The highest BCUT2D eigenvalue weighted by Crippen LogP contribution is 2.41. The Morgan fingerprint density at radius 3 is 2.59 bits per heavy atom. The zero-order valence-electron chi connectivity index (χ0n) is 17.5. The number of amides is 2. The van der Waals surface area contributed by atoms with Crippen molar-refractivity contribution < 1.29 is 46.2 Å². The van der Waals surface area contributed by atoms with Gasteiger partial charge in [-0.05, 0) is 41.1 Å². The molecule has 0 spiro atoms. The van der Waals surface area contributed by atoms with E-state index in [2.05, 4.69) is 25.7 Å². The van der Waals surface area contributed by atoms with Crippen LogP contribution in [0.25, 0.3) is 0 Å². The van der Waals surface area contributed by atoms with E-state index in [-0.39, 0.29) is 27.9 Å². The molecule has 0 N–H and O–H groups in total. The van der Waals surface area contributed by atoms with Crippen LogP contribution >= 0.6 is 15.9 Å². The maximum absolute atomic E-state index is 14.7. The van der Waals surface area contributed by atoms with Gasteiger partial charge in [-0.15, -0.1) is 0 Å². The van der Waals surface area contributed by atoms with Crippen molar-refractivity contribution in [2.75, 3.05) is 18.6 Å². The Morgan fingerprint density at radius 1 is 1.24 bits per heavy atom.